The Bertz CT molecular complexity index is 428. The second-order valence-corrected chi connectivity index (χ2v) is 8.03. The van der Waals surface area contributed by atoms with Gasteiger partial charge in [0.15, 0.2) is 5.96 Å². The average molecular weight is 512 g/mol. The van der Waals surface area contributed by atoms with E-state index in [1.807, 2.05) is 0 Å². The highest BCUT2D eigenvalue weighted by Gasteiger charge is 2.22. The number of aliphatic hydroxyl groups excluding tert-OH is 1. The van der Waals surface area contributed by atoms with Crippen LogP contribution in [0.4, 0.5) is 0 Å². The van der Waals surface area contributed by atoms with Crippen molar-refractivity contribution in [3.63, 3.8) is 0 Å². The Labute approximate surface area is 188 Å². The molecule has 2 fully saturated rings. The van der Waals surface area contributed by atoms with Crippen LogP contribution in [0.3, 0.4) is 0 Å². The van der Waals surface area contributed by atoms with Crippen LogP contribution in [0, 0.1) is 5.92 Å². The molecule has 1 unspecified atom stereocenters. The molecule has 166 valence electrons. The van der Waals surface area contributed by atoms with Gasteiger partial charge in [-0.3, -0.25) is 4.99 Å². The van der Waals surface area contributed by atoms with Crippen LogP contribution in [-0.4, -0.2) is 86.8 Å². The molecule has 0 bridgehead atoms. The fourth-order valence-corrected chi connectivity index (χ4v) is 3.14. The zero-order valence-electron chi connectivity index (χ0n) is 17.9. The molecule has 0 aromatic carbocycles. The summed E-state index contributed by atoms with van der Waals surface area (Å²) in [5, 5.41) is 16.9. The van der Waals surface area contributed by atoms with Crippen LogP contribution < -0.4 is 10.6 Å². The quantitative estimate of drug-likeness (QED) is 0.211. The van der Waals surface area contributed by atoms with Gasteiger partial charge in [0.2, 0.25) is 0 Å². The topological polar surface area (TPSA) is 78.4 Å². The Kier molecular flexibility index (Phi) is 13.6. The highest BCUT2D eigenvalue weighted by molar-refractivity contribution is 14.0. The third-order valence-electron chi connectivity index (χ3n) is 4.95. The van der Waals surface area contributed by atoms with E-state index in [2.05, 4.69) is 41.3 Å². The van der Waals surface area contributed by atoms with Crippen molar-refractivity contribution in [3.05, 3.63) is 0 Å². The van der Waals surface area contributed by atoms with Crippen molar-refractivity contribution < 1.29 is 14.6 Å². The monoisotopic (exact) mass is 512 g/mol. The van der Waals surface area contributed by atoms with Crippen molar-refractivity contribution in [3.8, 4) is 0 Å². The first-order valence-corrected chi connectivity index (χ1v) is 10.7. The third kappa shape index (κ3) is 11.7. The molecule has 0 amide bonds. The number of ether oxygens (including phenoxy) is 2. The minimum absolute atomic E-state index is 0. The lowest BCUT2D eigenvalue weighted by Gasteiger charge is -2.33. The maximum Gasteiger partial charge on any atom is 0.191 e. The molecule has 0 spiro atoms. The van der Waals surface area contributed by atoms with Crippen LogP contribution in [-0.2, 0) is 9.47 Å². The summed E-state index contributed by atoms with van der Waals surface area (Å²) in [4.78, 5) is 7.00. The van der Waals surface area contributed by atoms with E-state index < -0.39 is 6.10 Å². The molecular weight excluding hydrogens is 471 g/mol. The lowest BCUT2D eigenvalue weighted by atomic mass is 10.1. The van der Waals surface area contributed by atoms with Gasteiger partial charge in [-0.25, -0.2) is 0 Å². The first-order chi connectivity index (χ1) is 13.1. The summed E-state index contributed by atoms with van der Waals surface area (Å²) >= 11 is 0. The van der Waals surface area contributed by atoms with E-state index in [-0.39, 0.29) is 24.0 Å². The molecule has 0 aromatic rings. The molecule has 0 radical (unpaired) electrons. The zero-order valence-corrected chi connectivity index (χ0v) is 20.2. The molecule has 28 heavy (non-hydrogen) atoms. The molecule has 1 saturated heterocycles. The number of halogens is 1. The van der Waals surface area contributed by atoms with E-state index in [1.54, 1.807) is 0 Å². The van der Waals surface area contributed by atoms with E-state index in [9.17, 15) is 5.11 Å². The van der Waals surface area contributed by atoms with Crippen LogP contribution >= 0.6 is 24.0 Å². The lowest BCUT2D eigenvalue weighted by molar-refractivity contribution is 0.0368. The molecule has 0 aromatic heterocycles. The molecule has 7 nitrogen and oxygen atoms in total. The van der Waals surface area contributed by atoms with Crippen LogP contribution in [0.25, 0.3) is 0 Å². The highest BCUT2D eigenvalue weighted by atomic mass is 127. The summed E-state index contributed by atoms with van der Waals surface area (Å²) in [5.41, 5.74) is 0. The number of likely N-dealkylation sites (tertiary alicyclic amines) is 1. The lowest BCUT2D eigenvalue weighted by Crippen LogP contribution is -2.49. The van der Waals surface area contributed by atoms with Gasteiger partial charge in [0.25, 0.3) is 0 Å². The van der Waals surface area contributed by atoms with Gasteiger partial charge in [0.05, 0.1) is 32.0 Å². The van der Waals surface area contributed by atoms with Gasteiger partial charge < -0.3 is 30.1 Å². The van der Waals surface area contributed by atoms with Crippen molar-refractivity contribution in [2.75, 3.05) is 52.5 Å². The number of piperidine rings is 1. The SMILES string of the molecule is CCNC(=NCC(O)COCC1CC1)NC1CCN(CCOC(C)C)CC1.I. The van der Waals surface area contributed by atoms with Crippen molar-refractivity contribution in [1.82, 2.24) is 15.5 Å². The Morgan fingerprint density at radius 3 is 2.54 bits per heavy atom. The number of nitrogens with one attached hydrogen (secondary N) is 2. The number of nitrogens with zero attached hydrogens (tertiary/aromatic N) is 2. The molecular formula is C20H41IN4O3. The first-order valence-electron chi connectivity index (χ1n) is 10.7. The molecule has 8 heteroatoms. The second-order valence-electron chi connectivity index (χ2n) is 8.03. The molecule has 1 saturated carbocycles. The number of guanidine groups is 1. The highest BCUT2D eigenvalue weighted by Crippen LogP contribution is 2.28. The van der Waals surface area contributed by atoms with E-state index in [4.69, 9.17) is 9.47 Å². The summed E-state index contributed by atoms with van der Waals surface area (Å²) in [6.45, 7) is 12.5. The number of rotatable bonds is 12. The molecule has 2 rings (SSSR count). The molecule has 1 aliphatic heterocycles. The number of aliphatic imine (C=N–C) groups is 1. The van der Waals surface area contributed by atoms with Crippen molar-refractivity contribution in [2.24, 2.45) is 10.9 Å². The van der Waals surface area contributed by atoms with Crippen LogP contribution in [0.15, 0.2) is 4.99 Å². The number of hydrogen-bond acceptors (Lipinski definition) is 5. The van der Waals surface area contributed by atoms with Crippen molar-refractivity contribution in [2.45, 2.75) is 64.7 Å². The minimum atomic E-state index is -0.540. The Morgan fingerprint density at radius 1 is 1.21 bits per heavy atom. The van der Waals surface area contributed by atoms with E-state index in [1.165, 1.54) is 12.8 Å². The Morgan fingerprint density at radius 2 is 1.93 bits per heavy atom. The summed E-state index contributed by atoms with van der Waals surface area (Å²) in [6, 6.07) is 0.424. The van der Waals surface area contributed by atoms with E-state index in [0.717, 1.165) is 64.1 Å². The first kappa shape index (κ1) is 25.9. The second kappa shape index (κ2) is 14.8. The minimum Gasteiger partial charge on any atom is -0.389 e. The Hall–Kier alpha value is -0.160. The van der Waals surface area contributed by atoms with Gasteiger partial charge in [0.1, 0.15) is 0 Å². The standard InChI is InChI=1S/C20H40N4O3.HI/c1-4-21-20(22-13-19(25)15-26-14-17-5-6-17)23-18-7-9-24(10-8-18)11-12-27-16(2)3;/h16-19,25H,4-15H2,1-3H3,(H2,21,22,23);1H. The van der Waals surface area contributed by atoms with Gasteiger partial charge in [-0.2, -0.15) is 0 Å². The summed E-state index contributed by atoms with van der Waals surface area (Å²) in [5.74, 6) is 1.52. The average Bonchev–Trinajstić information content (AvgIpc) is 3.45. The number of aliphatic hydroxyl groups is 1. The smallest absolute Gasteiger partial charge is 0.191 e. The maximum absolute atomic E-state index is 10.1. The van der Waals surface area contributed by atoms with E-state index in [0.29, 0.717) is 25.3 Å². The van der Waals surface area contributed by atoms with Crippen LogP contribution in [0.5, 0.6) is 0 Å². The van der Waals surface area contributed by atoms with E-state index >= 15 is 0 Å². The van der Waals surface area contributed by atoms with Crippen LogP contribution in [0.2, 0.25) is 0 Å². The molecule has 1 heterocycles. The fraction of sp³-hybridized carbons (Fsp3) is 0.950. The maximum atomic E-state index is 10.1. The van der Waals surface area contributed by atoms with Crippen molar-refractivity contribution >= 4 is 29.9 Å². The third-order valence-corrected chi connectivity index (χ3v) is 4.95. The predicted molar refractivity (Wildman–Crippen MR) is 125 cm³/mol. The largest absolute Gasteiger partial charge is 0.389 e. The summed E-state index contributed by atoms with van der Waals surface area (Å²) in [6.07, 6.45) is 4.50. The molecule has 1 atom stereocenters. The summed E-state index contributed by atoms with van der Waals surface area (Å²) < 4.78 is 11.2. The molecule has 2 aliphatic rings. The van der Waals surface area contributed by atoms with Gasteiger partial charge in [-0.15, -0.1) is 24.0 Å². The zero-order chi connectivity index (χ0) is 19.5. The normalized spacial score (nSPS) is 20.1. The van der Waals surface area contributed by atoms with Gasteiger partial charge in [-0.1, -0.05) is 0 Å². The van der Waals surface area contributed by atoms with Gasteiger partial charge in [-0.05, 0) is 52.4 Å². The van der Waals surface area contributed by atoms with Gasteiger partial charge in [0, 0.05) is 38.8 Å². The molecule has 1 aliphatic carbocycles. The molecule has 3 N–H and O–H groups in total. The predicted octanol–water partition coefficient (Wildman–Crippen LogP) is 1.84. The van der Waals surface area contributed by atoms with Crippen LogP contribution in [0.1, 0.15) is 46.5 Å². The number of hydrogen-bond donors (Lipinski definition) is 3. The fourth-order valence-electron chi connectivity index (χ4n) is 3.14. The summed E-state index contributed by atoms with van der Waals surface area (Å²) in [7, 11) is 0. The van der Waals surface area contributed by atoms with Crippen molar-refractivity contribution in [1.29, 1.82) is 0 Å². The Balaban J connectivity index is 0.00000392. The van der Waals surface area contributed by atoms with Gasteiger partial charge >= 0.3 is 0 Å².